The summed E-state index contributed by atoms with van der Waals surface area (Å²) < 4.78 is 0. The Balaban J connectivity index is 2.29. The normalized spacial score (nSPS) is 12.5. The zero-order valence-corrected chi connectivity index (χ0v) is 19.0. The summed E-state index contributed by atoms with van der Waals surface area (Å²) in [6.45, 7) is 4.38. The van der Waals surface area contributed by atoms with Gasteiger partial charge in [0.1, 0.15) is 19.0 Å². The van der Waals surface area contributed by atoms with Crippen LogP contribution in [-0.2, 0) is 11.8 Å². The van der Waals surface area contributed by atoms with Crippen molar-refractivity contribution in [2.24, 2.45) is 0 Å². The molecular weight excluding hydrogens is 407 g/mol. The van der Waals surface area contributed by atoms with E-state index >= 15 is 0 Å². The van der Waals surface area contributed by atoms with E-state index in [1.54, 1.807) is 0 Å². The van der Waals surface area contributed by atoms with Crippen LogP contribution in [0.1, 0.15) is 11.1 Å². The fourth-order valence-electron chi connectivity index (χ4n) is 2.19. The van der Waals surface area contributed by atoms with Crippen molar-refractivity contribution in [2.45, 2.75) is 24.9 Å². The van der Waals surface area contributed by atoms with Crippen LogP contribution in [0.4, 0.5) is 0 Å². The number of hydrogen-bond donors (Lipinski definition) is 0. The molecule has 0 spiro atoms. The van der Waals surface area contributed by atoms with Gasteiger partial charge in [-0.3, -0.25) is 0 Å². The molecule has 0 aliphatic carbocycles. The van der Waals surface area contributed by atoms with Crippen LogP contribution in [0, 0.1) is 0 Å². The van der Waals surface area contributed by atoms with Gasteiger partial charge in [-0.1, -0.05) is 76.8 Å². The van der Waals surface area contributed by atoms with Gasteiger partial charge in [0, 0.05) is 11.8 Å². The Morgan fingerprint density at radius 3 is 1.96 bits per heavy atom. The molecule has 2 rings (SSSR count). The van der Waals surface area contributed by atoms with Crippen LogP contribution in [0.3, 0.4) is 0 Å². The predicted molar refractivity (Wildman–Crippen MR) is 114 cm³/mol. The summed E-state index contributed by atoms with van der Waals surface area (Å²) in [6.07, 6.45) is 0. The van der Waals surface area contributed by atoms with Gasteiger partial charge in [-0.25, -0.2) is 0 Å². The molecule has 0 fully saturated rings. The van der Waals surface area contributed by atoms with Gasteiger partial charge in [0.05, 0.1) is 0 Å². The third kappa shape index (κ3) is 5.61. The second kappa shape index (κ2) is 9.41. The van der Waals surface area contributed by atoms with Crippen LogP contribution >= 0.6 is 34.3 Å². The predicted octanol–water partition coefficient (Wildman–Crippen LogP) is 4.35. The number of alkyl halides is 2. The van der Waals surface area contributed by atoms with Crippen molar-refractivity contribution in [3.63, 3.8) is 0 Å². The van der Waals surface area contributed by atoms with Crippen LogP contribution in [0.25, 0.3) is 0 Å². The number of halogens is 3. The second-order valence-electron chi connectivity index (χ2n) is 5.88. The van der Waals surface area contributed by atoms with Gasteiger partial charge in [-0.05, 0) is 11.1 Å². The maximum atomic E-state index is 6.81. The van der Waals surface area contributed by atoms with E-state index < -0.39 is 7.38 Å². The van der Waals surface area contributed by atoms with Gasteiger partial charge < -0.3 is 0 Å². The van der Waals surface area contributed by atoms with Gasteiger partial charge in [0.15, 0.2) is 7.38 Å². The minimum atomic E-state index is -1.91. The maximum absolute atomic E-state index is 6.81. The first-order chi connectivity index (χ1) is 11.5. The Labute approximate surface area is 165 Å². The average molecular weight is 426 g/mol. The Kier molecular flexibility index (Phi) is 7.85. The molecule has 0 heterocycles. The highest BCUT2D eigenvalue weighted by molar-refractivity contribution is 7.27. The Morgan fingerprint density at radius 2 is 1.42 bits per heavy atom. The van der Waals surface area contributed by atoms with E-state index in [9.17, 15) is 0 Å². The topological polar surface area (TPSA) is 0 Å². The van der Waals surface area contributed by atoms with E-state index in [1.165, 1.54) is 26.3 Å². The van der Waals surface area contributed by atoms with Crippen molar-refractivity contribution >= 4 is 71.1 Å². The maximum Gasteiger partial charge on any atom is 0.172 e. The highest BCUT2D eigenvalue weighted by atomic mass is 35.6. The highest BCUT2D eigenvalue weighted by Gasteiger charge is 2.24. The standard InChI is InChI=1S/C18H19Cl3Si3/c1-24(2,21)18(23-17-10-6-4-8-15(17)12-20)13-22-16-9-5-3-7-14(16)11-19/h3-10,13H,11-12H2,1-2H3. The minimum Gasteiger partial charge on any atom is -0.162 e. The summed E-state index contributed by atoms with van der Waals surface area (Å²) >= 11 is 19.0. The molecule has 0 unspecified atom stereocenters. The Morgan fingerprint density at radius 1 is 0.917 bits per heavy atom. The fraction of sp³-hybridized carbons (Fsp3) is 0.222. The van der Waals surface area contributed by atoms with E-state index in [1.807, 2.05) is 12.1 Å². The van der Waals surface area contributed by atoms with E-state index in [0.29, 0.717) is 30.8 Å². The van der Waals surface area contributed by atoms with Gasteiger partial charge in [-0.2, -0.15) is 11.1 Å². The quantitative estimate of drug-likeness (QED) is 0.351. The molecule has 2 aromatic rings. The molecule has 0 aliphatic heterocycles. The third-order valence-electron chi connectivity index (χ3n) is 3.60. The molecule has 124 valence electrons. The van der Waals surface area contributed by atoms with E-state index in [2.05, 4.69) is 55.2 Å². The van der Waals surface area contributed by atoms with Gasteiger partial charge in [0.25, 0.3) is 0 Å². The number of rotatable bonds is 7. The molecular formula is C18H19Cl3Si3. The van der Waals surface area contributed by atoms with Crippen LogP contribution in [0.15, 0.2) is 59.0 Å². The zero-order valence-electron chi connectivity index (χ0n) is 13.7. The number of hydrogen-bond acceptors (Lipinski definition) is 0. The lowest BCUT2D eigenvalue weighted by molar-refractivity contribution is 1.44. The molecule has 4 radical (unpaired) electrons. The lowest BCUT2D eigenvalue weighted by Crippen LogP contribution is -2.34. The summed E-state index contributed by atoms with van der Waals surface area (Å²) in [5.74, 6) is 1.09. The Hall–Kier alpha value is -0.299. The molecule has 2 aromatic carbocycles. The molecule has 0 saturated carbocycles. The monoisotopic (exact) mass is 424 g/mol. The summed E-state index contributed by atoms with van der Waals surface area (Å²) in [6, 6.07) is 16.7. The second-order valence-corrected chi connectivity index (χ2v) is 15.7. The molecule has 0 amide bonds. The average Bonchev–Trinajstić information content (AvgIpc) is 2.58. The third-order valence-corrected chi connectivity index (χ3v) is 11.9. The van der Waals surface area contributed by atoms with Crippen LogP contribution < -0.4 is 10.4 Å². The number of benzene rings is 2. The van der Waals surface area contributed by atoms with Gasteiger partial charge in [0.2, 0.25) is 0 Å². The van der Waals surface area contributed by atoms with Crippen molar-refractivity contribution in [3.05, 3.63) is 70.2 Å². The molecule has 0 bridgehead atoms. The van der Waals surface area contributed by atoms with Crippen LogP contribution in [0.5, 0.6) is 0 Å². The zero-order chi connectivity index (χ0) is 17.6. The first kappa shape index (κ1) is 20.0. The molecule has 0 saturated heterocycles. The van der Waals surface area contributed by atoms with Gasteiger partial charge in [-0.15, -0.1) is 28.9 Å². The van der Waals surface area contributed by atoms with E-state index in [4.69, 9.17) is 34.3 Å². The Bertz CT molecular complexity index is 709. The first-order valence-electron chi connectivity index (χ1n) is 7.66. The molecule has 0 aliphatic rings. The first-order valence-corrected chi connectivity index (χ1v) is 14.8. The molecule has 6 heteroatoms. The van der Waals surface area contributed by atoms with Gasteiger partial charge >= 0.3 is 0 Å². The molecule has 0 aromatic heterocycles. The van der Waals surface area contributed by atoms with Crippen LogP contribution in [0.2, 0.25) is 13.1 Å². The lowest BCUT2D eigenvalue weighted by Gasteiger charge is -2.19. The van der Waals surface area contributed by atoms with E-state index in [0.717, 1.165) is 0 Å². The van der Waals surface area contributed by atoms with Crippen molar-refractivity contribution in [1.82, 2.24) is 0 Å². The molecule has 0 nitrogen and oxygen atoms in total. The molecule has 0 N–H and O–H groups in total. The van der Waals surface area contributed by atoms with E-state index in [-0.39, 0.29) is 0 Å². The summed E-state index contributed by atoms with van der Waals surface area (Å²) in [4.78, 5) is 1.38. The summed E-state index contributed by atoms with van der Waals surface area (Å²) in [7, 11) is -0.737. The highest BCUT2D eigenvalue weighted by Crippen LogP contribution is 2.18. The largest absolute Gasteiger partial charge is 0.172 e. The smallest absolute Gasteiger partial charge is 0.162 e. The van der Waals surface area contributed by atoms with Crippen molar-refractivity contribution in [3.8, 4) is 0 Å². The molecule has 0 atom stereocenters. The minimum absolute atomic E-state index is 0.540. The van der Waals surface area contributed by atoms with Crippen molar-refractivity contribution < 1.29 is 0 Å². The summed E-state index contributed by atoms with van der Waals surface area (Å²) in [5.41, 5.74) is 4.74. The van der Waals surface area contributed by atoms with Crippen LogP contribution in [-0.4, -0.2) is 26.4 Å². The SMILES string of the molecule is C[Si](C)(Cl)C(=C[Si]c1ccccc1CCl)[Si]c1ccccc1CCl. The fourth-order valence-corrected chi connectivity index (χ4v) is 9.13. The van der Waals surface area contributed by atoms with Crippen molar-refractivity contribution in [2.75, 3.05) is 0 Å². The lowest BCUT2D eigenvalue weighted by atomic mass is 10.2. The molecule has 24 heavy (non-hydrogen) atoms. The summed E-state index contributed by atoms with van der Waals surface area (Å²) in [5, 5.41) is 2.60. The van der Waals surface area contributed by atoms with Crippen molar-refractivity contribution in [1.29, 1.82) is 0 Å².